The van der Waals surface area contributed by atoms with Crippen molar-refractivity contribution in [2.45, 2.75) is 30.4 Å². The molecule has 34 heavy (non-hydrogen) atoms. The minimum Gasteiger partial charge on any atom is -0.382 e. The Hall–Kier alpha value is -3.61. The lowest BCUT2D eigenvalue weighted by Crippen LogP contribution is -2.24. The third-order valence-electron chi connectivity index (χ3n) is 5.15. The number of thiazole rings is 1. The highest BCUT2D eigenvalue weighted by Gasteiger charge is 2.16. The molecule has 0 aliphatic carbocycles. The van der Waals surface area contributed by atoms with E-state index in [1.165, 1.54) is 0 Å². The predicted octanol–water partition coefficient (Wildman–Crippen LogP) is 4.75. The van der Waals surface area contributed by atoms with Gasteiger partial charge >= 0.3 is 0 Å². The third kappa shape index (κ3) is 5.65. The highest BCUT2D eigenvalue weighted by Crippen LogP contribution is 2.24. The second-order valence-electron chi connectivity index (χ2n) is 7.60. The van der Waals surface area contributed by atoms with Crippen LogP contribution in [0.25, 0.3) is 5.69 Å². The van der Waals surface area contributed by atoms with Crippen LogP contribution in [0.1, 0.15) is 38.7 Å². The lowest BCUT2D eigenvalue weighted by molar-refractivity contribution is 0.0953. The maximum atomic E-state index is 12.5. The van der Waals surface area contributed by atoms with E-state index >= 15 is 0 Å². The van der Waals surface area contributed by atoms with Crippen LogP contribution in [0.4, 0.5) is 5.82 Å². The van der Waals surface area contributed by atoms with E-state index in [1.54, 1.807) is 27.8 Å². The topological polar surface area (TPSA) is 110 Å². The molecule has 2 aromatic heterocycles. The van der Waals surface area contributed by atoms with Gasteiger partial charge < -0.3 is 11.1 Å². The molecule has 9 heteroatoms. The average Bonchev–Trinajstić information content (AvgIpc) is 3.43. The lowest BCUT2D eigenvalue weighted by Gasteiger charge is -2.06. The van der Waals surface area contributed by atoms with Gasteiger partial charge in [0.05, 0.1) is 22.1 Å². The molecule has 172 valence electrons. The van der Waals surface area contributed by atoms with E-state index in [1.807, 2.05) is 61.5 Å². The number of rotatable bonds is 9. The Bertz CT molecular complexity index is 1310. The fraction of sp³-hybridized carbons (Fsp3) is 0.200. The number of carbonyl (C=O) groups is 1. The molecule has 0 aliphatic heterocycles. The number of hydrogen-bond donors (Lipinski definition) is 2. The zero-order chi connectivity index (χ0) is 23.9. The quantitative estimate of drug-likeness (QED) is 0.260. The Kier molecular flexibility index (Phi) is 7.62. The standard InChI is InChI=1S/C25H24N6OS2/c1-17-29-19(15-33-17)16-34-21-11-9-18(10-12-21)25(32)28-13-5-8-23-22(14-26)24(27)31(30-23)20-6-3-2-4-7-20/h2-4,6-7,9-12,15H,5,8,13,16,27H2,1H3,(H,28,32). The van der Waals surface area contributed by atoms with Crippen LogP contribution in [0, 0.1) is 18.3 Å². The molecule has 4 aromatic rings. The van der Waals surface area contributed by atoms with Crippen LogP contribution >= 0.6 is 23.1 Å². The van der Waals surface area contributed by atoms with Crippen molar-refractivity contribution in [3.63, 3.8) is 0 Å². The fourth-order valence-corrected chi connectivity index (χ4v) is 4.94. The molecule has 7 nitrogen and oxygen atoms in total. The molecule has 0 atom stereocenters. The van der Waals surface area contributed by atoms with Crippen molar-refractivity contribution in [1.29, 1.82) is 5.26 Å². The molecule has 0 unspecified atom stereocenters. The predicted molar refractivity (Wildman–Crippen MR) is 136 cm³/mol. The van der Waals surface area contributed by atoms with Crippen LogP contribution in [0.2, 0.25) is 0 Å². The molecule has 2 aromatic carbocycles. The van der Waals surface area contributed by atoms with Crippen molar-refractivity contribution in [3.05, 3.63) is 87.5 Å². The number of hydrogen-bond acceptors (Lipinski definition) is 7. The number of nitriles is 1. The molecule has 0 radical (unpaired) electrons. The number of benzene rings is 2. The number of amides is 1. The largest absolute Gasteiger partial charge is 0.382 e. The molecule has 0 fully saturated rings. The summed E-state index contributed by atoms with van der Waals surface area (Å²) in [5.74, 6) is 1.02. The highest BCUT2D eigenvalue weighted by molar-refractivity contribution is 7.98. The van der Waals surface area contributed by atoms with Gasteiger partial charge in [-0.25, -0.2) is 9.67 Å². The van der Waals surface area contributed by atoms with E-state index < -0.39 is 0 Å². The number of nitrogens with two attached hydrogens (primary N) is 1. The van der Waals surface area contributed by atoms with E-state index in [2.05, 4.69) is 26.8 Å². The van der Waals surface area contributed by atoms with Gasteiger partial charge in [-0.2, -0.15) is 10.4 Å². The van der Waals surface area contributed by atoms with Gasteiger partial charge in [0, 0.05) is 28.1 Å². The molecule has 0 bridgehead atoms. The summed E-state index contributed by atoms with van der Waals surface area (Å²) in [5, 5.41) is 20.1. The summed E-state index contributed by atoms with van der Waals surface area (Å²) in [7, 11) is 0. The van der Waals surface area contributed by atoms with Gasteiger partial charge in [0.2, 0.25) is 0 Å². The van der Waals surface area contributed by atoms with Gasteiger partial charge in [-0.05, 0) is 56.2 Å². The van der Waals surface area contributed by atoms with Crippen molar-refractivity contribution in [2.75, 3.05) is 12.3 Å². The number of anilines is 1. The molecule has 0 spiro atoms. The summed E-state index contributed by atoms with van der Waals surface area (Å²) >= 11 is 3.35. The summed E-state index contributed by atoms with van der Waals surface area (Å²) in [6.07, 6.45) is 1.19. The monoisotopic (exact) mass is 488 g/mol. The molecular formula is C25H24N6OS2. The molecule has 3 N–H and O–H groups in total. The smallest absolute Gasteiger partial charge is 0.251 e. The number of carbonyl (C=O) groups excluding carboxylic acids is 1. The normalized spacial score (nSPS) is 10.7. The van der Waals surface area contributed by atoms with Gasteiger partial charge in [-0.15, -0.1) is 23.1 Å². The second kappa shape index (κ2) is 11.0. The minimum absolute atomic E-state index is 0.124. The van der Waals surface area contributed by atoms with Crippen molar-refractivity contribution in [2.24, 2.45) is 0 Å². The van der Waals surface area contributed by atoms with Crippen LogP contribution in [0.3, 0.4) is 0 Å². The third-order valence-corrected chi connectivity index (χ3v) is 7.02. The fourth-order valence-electron chi connectivity index (χ4n) is 3.44. The molecule has 0 saturated carbocycles. The van der Waals surface area contributed by atoms with Crippen LogP contribution in [-0.4, -0.2) is 27.2 Å². The zero-order valence-corrected chi connectivity index (χ0v) is 20.3. The molecule has 1 amide bonds. The Labute approximate surface area is 206 Å². The molecule has 2 heterocycles. The van der Waals surface area contributed by atoms with Crippen molar-refractivity contribution in [1.82, 2.24) is 20.1 Å². The van der Waals surface area contributed by atoms with E-state index in [-0.39, 0.29) is 5.91 Å². The maximum absolute atomic E-state index is 12.5. The molecular weight excluding hydrogens is 464 g/mol. The number of nitrogens with one attached hydrogen (secondary N) is 1. The van der Waals surface area contributed by atoms with Gasteiger partial charge in [0.25, 0.3) is 5.91 Å². The van der Waals surface area contributed by atoms with E-state index in [9.17, 15) is 10.1 Å². The Morgan fingerprint density at radius 3 is 2.65 bits per heavy atom. The first-order valence-electron chi connectivity index (χ1n) is 10.8. The first kappa shape index (κ1) is 23.5. The number of aryl methyl sites for hydroxylation is 2. The Morgan fingerprint density at radius 2 is 1.97 bits per heavy atom. The number of nitrogen functional groups attached to an aromatic ring is 1. The highest BCUT2D eigenvalue weighted by atomic mass is 32.2. The summed E-state index contributed by atoms with van der Waals surface area (Å²) < 4.78 is 1.58. The Morgan fingerprint density at radius 1 is 1.21 bits per heavy atom. The number of aromatic nitrogens is 3. The Balaban J connectivity index is 1.28. The summed E-state index contributed by atoms with van der Waals surface area (Å²) in [4.78, 5) is 18.1. The van der Waals surface area contributed by atoms with Crippen LogP contribution < -0.4 is 11.1 Å². The second-order valence-corrected chi connectivity index (χ2v) is 9.71. The minimum atomic E-state index is -0.124. The molecule has 4 rings (SSSR count). The lowest BCUT2D eigenvalue weighted by atomic mass is 10.1. The van der Waals surface area contributed by atoms with E-state index in [0.29, 0.717) is 42.0 Å². The first-order chi connectivity index (χ1) is 16.5. The van der Waals surface area contributed by atoms with E-state index in [0.717, 1.165) is 27.0 Å². The van der Waals surface area contributed by atoms with Gasteiger partial charge in [0.15, 0.2) is 0 Å². The number of thioether (sulfide) groups is 1. The number of para-hydroxylation sites is 1. The first-order valence-corrected chi connectivity index (χ1v) is 12.7. The summed E-state index contributed by atoms with van der Waals surface area (Å²) in [5.41, 5.74) is 9.66. The average molecular weight is 489 g/mol. The molecule has 0 saturated heterocycles. The molecule has 0 aliphatic rings. The van der Waals surface area contributed by atoms with Gasteiger partial charge in [-0.1, -0.05) is 18.2 Å². The maximum Gasteiger partial charge on any atom is 0.251 e. The van der Waals surface area contributed by atoms with Crippen molar-refractivity contribution in [3.8, 4) is 11.8 Å². The zero-order valence-electron chi connectivity index (χ0n) is 18.7. The van der Waals surface area contributed by atoms with Gasteiger partial charge in [-0.3, -0.25) is 4.79 Å². The van der Waals surface area contributed by atoms with E-state index in [4.69, 9.17) is 5.73 Å². The summed E-state index contributed by atoms with van der Waals surface area (Å²) in [6.45, 7) is 2.48. The SMILES string of the molecule is Cc1nc(CSc2ccc(C(=O)NCCCc3nn(-c4ccccc4)c(N)c3C#N)cc2)cs1. The summed E-state index contributed by atoms with van der Waals surface area (Å²) in [6, 6.07) is 19.2. The van der Waals surface area contributed by atoms with Gasteiger partial charge in [0.1, 0.15) is 17.5 Å². The van der Waals surface area contributed by atoms with Crippen molar-refractivity contribution < 1.29 is 4.79 Å². The van der Waals surface area contributed by atoms with Crippen molar-refractivity contribution >= 4 is 34.8 Å². The number of nitrogens with zero attached hydrogens (tertiary/aromatic N) is 4. The van der Waals surface area contributed by atoms with Crippen LogP contribution in [0.15, 0.2) is 64.9 Å². The van der Waals surface area contributed by atoms with Crippen LogP contribution in [0.5, 0.6) is 0 Å². The van der Waals surface area contributed by atoms with Crippen LogP contribution in [-0.2, 0) is 12.2 Å².